The second-order valence-corrected chi connectivity index (χ2v) is 8.80. The second kappa shape index (κ2) is 8.35. The van der Waals surface area contributed by atoms with Crippen LogP contribution >= 0.6 is 0 Å². The van der Waals surface area contributed by atoms with Gasteiger partial charge in [-0.05, 0) is 23.1 Å². The Hall–Kier alpha value is -2.67. The van der Waals surface area contributed by atoms with Crippen LogP contribution in [0.3, 0.4) is 0 Å². The zero-order valence-electron chi connectivity index (χ0n) is 14.8. The molecule has 27 heavy (non-hydrogen) atoms. The van der Waals surface area contributed by atoms with Gasteiger partial charge in [-0.15, -0.1) is 0 Å². The van der Waals surface area contributed by atoms with Crippen LogP contribution in [0, 0.1) is 0 Å². The Balaban J connectivity index is 1.44. The standard InChI is InChI=1S/C20H21NO5S/c22-19(21-18-10-11-27(24,25)14-18)13-26-20(23)12-15-6-8-17(9-7-15)16-4-2-1-3-5-16/h1-9,18H,10-14H2,(H,21,22)/t18-/m1/s1. The van der Waals surface area contributed by atoms with E-state index in [2.05, 4.69) is 5.32 Å². The first-order chi connectivity index (χ1) is 12.9. The van der Waals surface area contributed by atoms with Crippen LogP contribution in [-0.2, 0) is 30.6 Å². The van der Waals surface area contributed by atoms with E-state index >= 15 is 0 Å². The minimum atomic E-state index is -3.06. The lowest BCUT2D eigenvalue weighted by atomic mass is 10.0. The molecule has 2 aromatic rings. The molecule has 7 heteroatoms. The number of carbonyl (C=O) groups excluding carboxylic acids is 2. The van der Waals surface area contributed by atoms with Crippen molar-refractivity contribution < 1.29 is 22.7 Å². The normalized spacial score (nSPS) is 18.0. The number of rotatable bonds is 6. The van der Waals surface area contributed by atoms with Crippen molar-refractivity contribution in [1.29, 1.82) is 0 Å². The lowest BCUT2D eigenvalue weighted by Crippen LogP contribution is -2.38. The lowest BCUT2D eigenvalue weighted by molar-refractivity contribution is -0.148. The first kappa shape index (κ1) is 19.1. The monoisotopic (exact) mass is 387 g/mol. The Morgan fingerprint density at radius 3 is 2.30 bits per heavy atom. The van der Waals surface area contributed by atoms with Crippen molar-refractivity contribution in [2.24, 2.45) is 0 Å². The number of benzene rings is 2. The molecule has 0 radical (unpaired) electrons. The van der Waals surface area contributed by atoms with Gasteiger partial charge in [-0.3, -0.25) is 9.59 Å². The third kappa shape index (κ3) is 5.65. The van der Waals surface area contributed by atoms with Crippen molar-refractivity contribution in [1.82, 2.24) is 5.32 Å². The van der Waals surface area contributed by atoms with Crippen LogP contribution in [0.15, 0.2) is 54.6 Å². The van der Waals surface area contributed by atoms with Gasteiger partial charge in [0.15, 0.2) is 16.4 Å². The Kier molecular flexibility index (Phi) is 5.91. The fourth-order valence-corrected chi connectivity index (χ4v) is 4.66. The number of nitrogens with one attached hydrogen (secondary N) is 1. The van der Waals surface area contributed by atoms with E-state index in [1.54, 1.807) is 0 Å². The number of ether oxygens (including phenoxy) is 1. The summed E-state index contributed by atoms with van der Waals surface area (Å²) in [5, 5.41) is 2.58. The summed E-state index contributed by atoms with van der Waals surface area (Å²) in [6.07, 6.45) is 0.468. The number of hydrogen-bond donors (Lipinski definition) is 1. The van der Waals surface area contributed by atoms with Crippen molar-refractivity contribution in [2.75, 3.05) is 18.1 Å². The fraction of sp³-hybridized carbons (Fsp3) is 0.300. The van der Waals surface area contributed by atoms with Gasteiger partial charge in [-0.25, -0.2) is 8.42 Å². The molecule has 1 fully saturated rings. The summed E-state index contributed by atoms with van der Waals surface area (Å²) in [5.74, 6) is -0.960. The highest BCUT2D eigenvalue weighted by Gasteiger charge is 2.29. The average Bonchev–Trinajstić information content (AvgIpc) is 3.00. The molecular weight excluding hydrogens is 366 g/mol. The predicted molar refractivity (Wildman–Crippen MR) is 102 cm³/mol. The van der Waals surface area contributed by atoms with Crippen LogP contribution < -0.4 is 5.32 Å². The minimum absolute atomic E-state index is 0.0551. The van der Waals surface area contributed by atoms with Crippen LogP contribution in [0.25, 0.3) is 11.1 Å². The van der Waals surface area contributed by atoms with Gasteiger partial charge in [0.05, 0.1) is 17.9 Å². The highest BCUT2D eigenvalue weighted by Crippen LogP contribution is 2.19. The van der Waals surface area contributed by atoms with Crippen molar-refractivity contribution in [3.63, 3.8) is 0 Å². The molecule has 1 amide bonds. The first-order valence-electron chi connectivity index (χ1n) is 8.71. The number of carbonyl (C=O) groups is 2. The summed E-state index contributed by atoms with van der Waals surface area (Å²) in [7, 11) is -3.06. The van der Waals surface area contributed by atoms with Crippen molar-refractivity contribution in [3.05, 3.63) is 60.2 Å². The molecule has 1 saturated heterocycles. The molecule has 1 heterocycles. The Labute approximate surface area is 158 Å². The zero-order valence-corrected chi connectivity index (χ0v) is 15.6. The molecule has 0 saturated carbocycles. The van der Waals surface area contributed by atoms with E-state index in [0.29, 0.717) is 6.42 Å². The summed E-state index contributed by atoms with van der Waals surface area (Å²) in [4.78, 5) is 23.7. The SMILES string of the molecule is O=C(COC(=O)Cc1ccc(-c2ccccc2)cc1)N[C@@H]1CCS(=O)(=O)C1. The second-order valence-electron chi connectivity index (χ2n) is 6.57. The average molecular weight is 387 g/mol. The van der Waals surface area contributed by atoms with Gasteiger partial charge in [-0.1, -0.05) is 54.6 Å². The van der Waals surface area contributed by atoms with Crippen LogP contribution in [0.4, 0.5) is 0 Å². The molecule has 0 aliphatic carbocycles. The largest absolute Gasteiger partial charge is 0.455 e. The third-order valence-electron chi connectivity index (χ3n) is 4.37. The smallest absolute Gasteiger partial charge is 0.310 e. The number of esters is 1. The van der Waals surface area contributed by atoms with E-state index in [1.165, 1.54) is 0 Å². The Morgan fingerprint density at radius 1 is 1.00 bits per heavy atom. The van der Waals surface area contributed by atoms with Gasteiger partial charge >= 0.3 is 5.97 Å². The molecule has 0 aromatic heterocycles. The molecular formula is C20H21NO5S. The molecule has 3 rings (SSSR count). The summed E-state index contributed by atoms with van der Waals surface area (Å²) < 4.78 is 27.7. The van der Waals surface area contributed by atoms with Crippen molar-refractivity contribution >= 4 is 21.7 Å². The van der Waals surface area contributed by atoms with E-state index in [-0.39, 0.29) is 17.9 Å². The maximum Gasteiger partial charge on any atom is 0.310 e. The van der Waals surface area contributed by atoms with Crippen LogP contribution in [-0.4, -0.2) is 44.4 Å². The maximum absolute atomic E-state index is 11.9. The van der Waals surface area contributed by atoms with E-state index in [0.717, 1.165) is 16.7 Å². The van der Waals surface area contributed by atoms with Gasteiger partial charge in [0.25, 0.3) is 5.91 Å². The molecule has 2 aromatic carbocycles. The van der Waals surface area contributed by atoms with Gasteiger partial charge in [0.1, 0.15) is 0 Å². The molecule has 1 aliphatic rings. The number of sulfone groups is 1. The van der Waals surface area contributed by atoms with E-state index < -0.39 is 34.4 Å². The van der Waals surface area contributed by atoms with Crippen LogP contribution in [0.1, 0.15) is 12.0 Å². The lowest BCUT2D eigenvalue weighted by Gasteiger charge is -2.11. The zero-order chi connectivity index (χ0) is 19.3. The van der Waals surface area contributed by atoms with Crippen LogP contribution in [0.5, 0.6) is 0 Å². The first-order valence-corrected chi connectivity index (χ1v) is 10.5. The molecule has 1 aliphatic heterocycles. The molecule has 1 atom stereocenters. The molecule has 0 spiro atoms. The third-order valence-corrected chi connectivity index (χ3v) is 6.14. The molecule has 0 bridgehead atoms. The molecule has 6 nitrogen and oxygen atoms in total. The van der Waals surface area contributed by atoms with Gasteiger partial charge in [-0.2, -0.15) is 0 Å². The van der Waals surface area contributed by atoms with Crippen molar-refractivity contribution in [3.8, 4) is 11.1 Å². The van der Waals surface area contributed by atoms with Gasteiger partial charge in [0, 0.05) is 6.04 Å². The van der Waals surface area contributed by atoms with E-state index in [9.17, 15) is 18.0 Å². The Bertz CT molecular complexity index is 907. The van der Waals surface area contributed by atoms with Crippen LogP contribution in [0.2, 0.25) is 0 Å². The van der Waals surface area contributed by atoms with Gasteiger partial charge in [0.2, 0.25) is 0 Å². The maximum atomic E-state index is 11.9. The van der Waals surface area contributed by atoms with Crippen molar-refractivity contribution in [2.45, 2.75) is 18.9 Å². The fourth-order valence-electron chi connectivity index (χ4n) is 2.99. The van der Waals surface area contributed by atoms with E-state index in [1.807, 2.05) is 54.6 Å². The van der Waals surface area contributed by atoms with E-state index in [4.69, 9.17) is 4.74 Å². The quantitative estimate of drug-likeness (QED) is 0.763. The molecule has 0 unspecified atom stereocenters. The highest BCUT2D eigenvalue weighted by molar-refractivity contribution is 7.91. The molecule has 1 N–H and O–H groups in total. The minimum Gasteiger partial charge on any atom is -0.455 e. The predicted octanol–water partition coefficient (Wildman–Crippen LogP) is 1.74. The van der Waals surface area contributed by atoms with Gasteiger partial charge < -0.3 is 10.1 Å². The Morgan fingerprint density at radius 2 is 1.67 bits per heavy atom. The summed E-state index contributed by atoms with van der Waals surface area (Å²) in [6, 6.07) is 17.1. The summed E-state index contributed by atoms with van der Waals surface area (Å²) >= 11 is 0. The topological polar surface area (TPSA) is 89.5 Å². The summed E-state index contributed by atoms with van der Waals surface area (Å²) in [5.41, 5.74) is 2.94. The highest BCUT2D eigenvalue weighted by atomic mass is 32.2. The number of hydrogen-bond acceptors (Lipinski definition) is 5. The number of amides is 1. The molecule has 142 valence electrons. The summed E-state index contributed by atoms with van der Waals surface area (Å²) in [6.45, 7) is -0.405.